The van der Waals surface area contributed by atoms with Crippen LogP contribution in [0.4, 0.5) is 8.78 Å². The van der Waals surface area contributed by atoms with E-state index in [2.05, 4.69) is 10.1 Å². The molecule has 1 aliphatic carbocycles. The fourth-order valence-electron chi connectivity index (χ4n) is 2.06. The first-order valence-electron chi connectivity index (χ1n) is 5.66. The predicted octanol–water partition coefficient (Wildman–Crippen LogP) is 3.17. The lowest BCUT2D eigenvalue weighted by Crippen LogP contribution is -2.11. The van der Waals surface area contributed by atoms with Crippen LogP contribution in [0.3, 0.4) is 0 Å². The van der Waals surface area contributed by atoms with Crippen molar-refractivity contribution in [3.05, 3.63) is 11.7 Å². The SMILES string of the molecule is CC(C)c1nc(CC2CCC(F)(F)C2)no1. The molecule has 5 heteroatoms. The highest BCUT2D eigenvalue weighted by Gasteiger charge is 2.39. The Morgan fingerprint density at radius 2 is 2.25 bits per heavy atom. The monoisotopic (exact) mass is 230 g/mol. The maximum atomic E-state index is 13.0. The van der Waals surface area contributed by atoms with Crippen molar-refractivity contribution < 1.29 is 13.3 Å². The molecule has 0 saturated heterocycles. The lowest BCUT2D eigenvalue weighted by Gasteiger charge is -2.07. The summed E-state index contributed by atoms with van der Waals surface area (Å²) in [5.41, 5.74) is 0. The third-order valence-electron chi connectivity index (χ3n) is 2.95. The summed E-state index contributed by atoms with van der Waals surface area (Å²) < 4.78 is 31.0. The summed E-state index contributed by atoms with van der Waals surface area (Å²) in [5.74, 6) is -1.17. The molecule has 90 valence electrons. The molecule has 0 aromatic carbocycles. The topological polar surface area (TPSA) is 38.9 Å². The molecule has 1 aromatic rings. The Bertz CT molecular complexity index is 363. The van der Waals surface area contributed by atoms with E-state index >= 15 is 0 Å². The number of alkyl halides is 2. The third-order valence-corrected chi connectivity index (χ3v) is 2.95. The molecule has 0 bridgehead atoms. The van der Waals surface area contributed by atoms with Gasteiger partial charge in [0.15, 0.2) is 5.82 Å². The molecule has 1 heterocycles. The van der Waals surface area contributed by atoms with Gasteiger partial charge in [0.25, 0.3) is 0 Å². The third kappa shape index (κ3) is 2.57. The lowest BCUT2D eigenvalue weighted by molar-refractivity contribution is 0.00499. The summed E-state index contributed by atoms with van der Waals surface area (Å²) in [6.45, 7) is 3.92. The Labute approximate surface area is 93.2 Å². The first-order valence-corrected chi connectivity index (χ1v) is 5.66. The highest BCUT2D eigenvalue weighted by atomic mass is 19.3. The van der Waals surface area contributed by atoms with Gasteiger partial charge in [-0.15, -0.1) is 0 Å². The van der Waals surface area contributed by atoms with Crippen molar-refractivity contribution in [3.63, 3.8) is 0 Å². The fourth-order valence-corrected chi connectivity index (χ4v) is 2.06. The Balaban J connectivity index is 1.94. The first-order chi connectivity index (χ1) is 7.46. The largest absolute Gasteiger partial charge is 0.339 e. The second kappa shape index (κ2) is 4.11. The molecule has 2 rings (SSSR count). The van der Waals surface area contributed by atoms with Crippen molar-refractivity contribution in [2.75, 3.05) is 0 Å². The van der Waals surface area contributed by atoms with Crippen LogP contribution in [0.25, 0.3) is 0 Å². The maximum absolute atomic E-state index is 13.0. The Hall–Kier alpha value is -1.00. The zero-order valence-corrected chi connectivity index (χ0v) is 9.54. The molecular formula is C11H16F2N2O. The van der Waals surface area contributed by atoms with Gasteiger partial charge >= 0.3 is 0 Å². The van der Waals surface area contributed by atoms with Crippen molar-refractivity contribution in [1.82, 2.24) is 10.1 Å². The molecular weight excluding hydrogens is 214 g/mol. The van der Waals surface area contributed by atoms with Crippen LogP contribution in [0.1, 0.15) is 50.7 Å². The summed E-state index contributed by atoms with van der Waals surface area (Å²) in [5, 5.41) is 3.82. The number of aromatic nitrogens is 2. The average Bonchev–Trinajstić information content (AvgIpc) is 2.73. The van der Waals surface area contributed by atoms with E-state index in [9.17, 15) is 8.78 Å². The van der Waals surface area contributed by atoms with Crippen LogP contribution in [0, 0.1) is 5.92 Å². The summed E-state index contributed by atoms with van der Waals surface area (Å²) in [7, 11) is 0. The Kier molecular flexibility index (Phi) is 2.95. The predicted molar refractivity (Wildman–Crippen MR) is 54.4 cm³/mol. The number of rotatable bonds is 3. The normalized spacial score (nSPS) is 24.2. The van der Waals surface area contributed by atoms with Gasteiger partial charge in [0.05, 0.1) is 0 Å². The van der Waals surface area contributed by atoms with Gasteiger partial charge < -0.3 is 4.52 Å². The standard InChI is InChI=1S/C11H16F2N2O/c1-7(2)10-14-9(15-16-10)5-8-3-4-11(12,13)6-8/h7-8H,3-6H2,1-2H3. The zero-order chi connectivity index (χ0) is 11.8. The van der Waals surface area contributed by atoms with Crippen molar-refractivity contribution in [2.24, 2.45) is 5.92 Å². The van der Waals surface area contributed by atoms with Crippen molar-refractivity contribution in [1.29, 1.82) is 0 Å². The van der Waals surface area contributed by atoms with Gasteiger partial charge in [-0.3, -0.25) is 0 Å². The van der Waals surface area contributed by atoms with Crippen LogP contribution >= 0.6 is 0 Å². The van der Waals surface area contributed by atoms with E-state index in [0.29, 0.717) is 24.6 Å². The molecule has 3 nitrogen and oxygen atoms in total. The minimum atomic E-state index is -2.49. The van der Waals surface area contributed by atoms with E-state index in [1.165, 1.54) is 0 Å². The quantitative estimate of drug-likeness (QED) is 0.800. The Morgan fingerprint density at radius 3 is 2.75 bits per heavy atom. The van der Waals surface area contributed by atoms with Crippen molar-refractivity contribution in [2.45, 2.75) is 51.4 Å². The maximum Gasteiger partial charge on any atom is 0.248 e. The van der Waals surface area contributed by atoms with E-state index < -0.39 is 5.92 Å². The summed E-state index contributed by atoms with van der Waals surface area (Å²) in [6.07, 6.45) is 1.01. The molecule has 1 atom stereocenters. The van der Waals surface area contributed by atoms with Crippen molar-refractivity contribution >= 4 is 0 Å². The van der Waals surface area contributed by atoms with Crippen LogP contribution < -0.4 is 0 Å². The molecule has 0 radical (unpaired) electrons. The molecule has 0 aliphatic heterocycles. The van der Waals surface area contributed by atoms with Crippen molar-refractivity contribution in [3.8, 4) is 0 Å². The molecule has 1 aliphatic rings. The zero-order valence-electron chi connectivity index (χ0n) is 9.54. The highest BCUT2D eigenvalue weighted by molar-refractivity contribution is 4.94. The van der Waals surface area contributed by atoms with E-state index in [-0.39, 0.29) is 24.7 Å². The molecule has 1 aromatic heterocycles. The second-order valence-electron chi connectivity index (χ2n) is 4.87. The van der Waals surface area contributed by atoms with E-state index in [1.54, 1.807) is 0 Å². The second-order valence-corrected chi connectivity index (χ2v) is 4.87. The fraction of sp³-hybridized carbons (Fsp3) is 0.818. The summed E-state index contributed by atoms with van der Waals surface area (Å²) in [4.78, 5) is 4.20. The van der Waals surface area contributed by atoms with Gasteiger partial charge in [0.2, 0.25) is 11.8 Å². The molecule has 0 spiro atoms. The van der Waals surface area contributed by atoms with Crippen LogP contribution in [0.2, 0.25) is 0 Å². The molecule has 1 saturated carbocycles. The molecule has 16 heavy (non-hydrogen) atoms. The highest BCUT2D eigenvalue weighted by Crippen LogP contribution is 2.39. The Morgan fingerprint density at radius 1 is 1.50 bits per heavy atom. The van der Waals surface area contributed by atoms with E-state index in [1.807, 2.05) is 13.8 Å². The summed E-state index contributed by atoms with van der Waals surface area (Å²) in [6, 6.07) is 0. The van der Waals surface area contributed by atoms with Gasteiger partial charge in [-0.2, -0.15) is 4.98 Å². The van der Waals surface area contributed by atoms with Gasteiger partial charge in [-0.25, -0.2) is 8.78 Å². The van der Waals surface area contributed by atoms with Gasteiger partial charge in [0, 0.05) is 25.2 Å². The van der Waals surface area contributed by atoms with E-state index in [0.717, 1.165) is 0 Å². The number of hydrogen-bond acceptors (Lipinski definition) is 3. The van der Waals surface area contributed by atoms with E-state index in [4.69, 9.17) is 4.52 Å². The number of nitrogens with zero attached hydrogens (tertiary/aromatic N) is 2. The van der Waals surface area contributed by atoms with Gasteiger partial charge in [-0.05, 0) is 12.3 Å². The van der Waals surface area contributed by atoms with Crippen LogP contribution in [0.15, 0.2) is 4.52 Å². The van der Waals surface area contributed by atoms with Crippen LogP contribution in [0.5, 0.6) is 0 Å². The minimum absolute atomic E-state index is 0.00684. The van der Waals surface area contributed by atoms with Gasteiger partial charge in [-0.1, -0.05) is 19.0 Å². The lowest BCUT2D eigenvalue weighted by atomic mass is 10.0. The average molecular weight is 230 g/mol. The number of halogens is 2. The number of hydrogen-bond donors (Lipinski definition) is 0. The molecule has 0 amide bonds. The summed E-state index contributed by atoms with van der Waals surface area (Å²) >= 11 is 0. The smallest absolute Gasteiger partial charge is 0.248 e. The first kappa shape index (κ1) is 11.5. The minimum Gasteiger partial charge on any atom is -0.339 e. The van der Waals surface area contributed by atoms with Crippen LogP contribution in [-0.4, -0.2) is 16.1 Å². The molecule has 0 N–H and O–H groups in total. The van der Waals surface area contributed by atoms with Crippen LogP contribution in [-0.2, 0) is 6.42 Å². The van der Waals surface area contributed by atoms with Gasteiger partial charge in [0.1, 0.15) is 0 Å². The molecule has 1 unspecified atom stereocenters. The molecule has 1 fully saturated rings.